The van der Waals surface area contributed by atoms with E-state index in [0.717, 1.165) is 0 Å². The Kier molecular flexibility index (Phi) is 4.88. The van der Waals surface area contributed by atoms with E-state index in [9.17, 15) is 19.5 Å². The number of carbonyl (C=O) groups excluding carboxylic acids is 3. The van der Waals surface area contributed by atoms with Crippen molar-refractivity contribution in [3.05, 3.63) is 70.3 Å². The highest BCUT2D eigenvalue weighted by molar-refractivity contribution is 6.50. The highest BCUT2D eigenvalue weighted by Crippen LogP contribution is 2.53. The fraction of sp³-hybridized carbons (Fsp3) is 0.227. The van der Waals surface area contributed by atoms with Gasteiger partial charge in [-0.05, 0) is 30.3 Å². The first kappa shape index (κ1) is 20.1. The van der Waals surface area contributed by atoms with E-state index in [4.69, 9.17) is 16.3 Å². The SMILES string of the molecule is COCCN1C(=O)C(=O)C(=C(O)c2ccc(Cl)cc2)[C@@]12C(=O)N(C)c1ccccc12. The molecule has 2 aliphatic heterocycles. The van der Waals surface area contributed by atoms with Gasteiger partial charge in [0.05, 0.1) is 12.2 Å². The van der Waals surface area contributed by atoms with Crippen LogP contribution in [0.2, 0.25) is 5.02 Å². The summed E-state index contributed by atoms with van der Waals surface area (Å²) in [5, 5.41) is 11.6. The Bertz CT molecular complexity index is 1090. The number of ether oxygens (including phenoxy) is 1. The largest absolute Gasteiger partial charge is 0.507 e. The molecule has 2 amide bonds. The number of halogens is 1. The van der Waals surface area contributed by atoms with Gasteiger partial charge in [0.25, 0.3) is 17.6 Å². The van der Waals surface area contributed by atoms with Gasteiger partial charge in [-0.2, -0.15) is 0 Å². The number of Topliss-reactive ketones (excluding diaryl/α,β-unsaturated/α-hetero) is 1. The summed E-state index contributed by atoms with van der Waals surface area (Å²) in [5.41, 5.74) is -0.713. The zero-order valence-corrected chi connectivity index (χ0v) is 17.1. The first-order valence-corrected chi connectivity index (χ1v) is 9.66. The van der Waals surface area contributed by atoms with Crippen molar-refractivity contribution in [2.75, 3.05) is 32.2 Å². The average molecular weight is 427 g/mol. The number of methoxy groups -OCH3 is 1. The summed E-state index contributed by atoms with van der Waals surface area (Å²) in [6.45, 7) is 0.126. The summed E-state index contributed by atoms with van der Waals surface area (Å²) in [6, 6.07) is 13.1. The van der Waals surface area contributed by atoms with E-state index in [0.29, 0.717) is 16.3 Å². The predicted octanol–water partition coefficient (Wildman–Crippen LogP) is 2.54. The van der Waals surface area contributed by atoms with Gasteiger partial charge in [0.15, 0.2) is 5.54 Å². The number of ketones is 1. The fourth-order valence-electron chi connectivity index (χ4n) is 4.21. The van der Waals surface area contributed by atoms with Crippen LogP contribution < -0.4 is 4.90 Å². The highest BCUT2D eigenvalue weighted by atomic mass is 35.5. The first-order valence-electron chi connectivity index (χ1n) is 9.28. The van der Waals surface area contributed by atoms with E-state index >= 15 is 0 Å². The number of fused-ring (bicyclic) bond motifs is 2. The standard InChI is InChI=1S/C22H19ClN2O5/c1-24-16-6-4-3-5-15(16)22(21(24)29)17(18(26)13-7-9-14(23)10-8-13)19(27)20(28)25(22)11-12-30-2/h3-10,26H,11-12H2,1-2H3/t22-/m0/s1. The number of anilines is 1. The number of carbonyl (C=O) groups is 3. The predicted molar refractivity (Wildman–Crippen MR) is 111 cm³/mol. The van der Waals surface area contributed by atoms with Crippen LogP contribution in [0.1, 0.15) is 11.1 Å². The van der Waals surface area contributed by atoms with Crippen molar-refractivity contribution in [3.8, 4) is 0 Å². The quantitative estimate of drug-likeness (QED) is 0.461. The Balaban J connectivity index is 2.05. The Hall–Kier alpha value is -3.16. The minimum absolute atomic E-state index is 0.00633. The molecule has 1 spiro atoms. The van der Waals surface area contributed by atoms with Crippen LogP contribution in [-0.2, 0) is 24.7 Å². The molecule has 0 aliphatic carbocycles. The van der Waals surface area contributed by atoms with Crippen molar-refractivity contribution in [1.29, 1.82) is 0 Å². The third-order valence-corrected chi connectivity index (χ3v) is 5.83. The average Bonchev–Trinajstić information content (AvgIpc) is 3.11. The van der Waals surface area contributed by atoms with Crippen LogP contribution in [0.15, 0.2) is 54.1 Å². The van der Waals surface area contributed by atoms with E-state index in [1.54, 1.807) is 43.4 Å². The van der Waals surface area contributed by atoms with Crippen molar-refractivity contribution in [3.63, 3.8) is 0 Å². The third kappa shape index (κ3) is 2.59. The second-order valence-electron chi connectivity index (χ2n) is 7.10. The van der Waals surface area contributed by atoms with Crippen LogP contribution in [0.4, 0.5) is 5.69 Å². The van der Waals surface area contributed by atoms with Crippen molar-refractivity contribution in [2.45, 2.75) is 5.54 Å². The van der Waals surface area contributed by atoms with Gasteiger partial charge in [0, 0.05) is 42.5 Å². The smallest absolute Gasteiger partial charge is 0.296 e. The number of nitrogens with zero attached hydrogens (tertiary/aromatic N) is 2. The number of aliphatic hydroxyl groups excluding tert-OH is 1. The van der Waals surface area contributed by atoms with Crippen LogP contribution in [0.3, 0.4) is 0 Å². The van der Waals surface area contributed by atoms with Gasteiger partial charge in [0.1, 0.15) is 5.76 Å². The van der Waals surface area contributed by atoms with E-state index in [1.807, 2.05) is 0 Å². The van der Waals surface area contributed by atoms with Crippen molar-refractivity contribution in [2.24, 2.45) is 0 Å². The van der Waals surface area contributed by atoms with Crippen LogP contribution in [-0.4, -0.2) is 54.9 Å². The van der Waals surface area contributed by atoms with Crippen molar-refractivity contribution < 1.29 is 24.2 Å². The summed E-state index contributed by atoms with van der Waals surface area (Å²) in [5.74, 6) is -2.70. The molecule has 1 atom stereocenters. The van der Waals surface area contributed by atoms with Crippen molar-refractivity contribution >= 4 is 40.6 Å². The van der Waals surface area contributed by atoms with Gasteiger partial charge in [0.2, 0.25) is 0 Å². The molecule has 4 rings (SSSR count). The Morgan fingerprint density at radius 1 is 1.10 bits per heavy atom. The highest BCUT2D eigenvalue weighted by Gasteiger charge is 2.66. The molecule has 30 heavy (non-hydrogen) atoms. The summed E-state index contributed by atoms with van der Waals surface area (Å²) >= 11 is 5.94. The molecule has 2 aromatic rings. The van der Waals surface area contributed by atoms with E-state index < -0.39 is 28.9 Å². The molecular formula is C22H19ClN2O5. The molecule has 1 saturated heterocycles. The monoisotopic (exact) mass is 426 g/mol. The van der Waals surface area contributed by atoms with Gasteiger partial charge in [-0.3, -0.25) is 14.4 Å². The second kappa shape index (κ2) is 7.27. The van der Waals surface area contributed by atoms with Gasteiger partial charge in [-0.1, -0.05) is 29.8 Å². The topological polar surface area (TPSA) is 87.1 Å². The first-order chi connectivity index (χ1) is 14.4. The molecule has 1 N–H and O–H groups in total. The molecule has 154 valence electrons. The lowest BCUT2D eigenvalue weighted by Gasteiger charge is -2.34. The fourth-order valence-corrected chi connectivity index (χ4v) is 4.33. The third-order valence-electron chi connectivity index (χ3n) is 5.58. The van der Waals surface area contributed by atoms with Gasteiger partial charge < -0.3 is 19.6 Å². The number of rotatable bonds is 4. The molecule has 0 bridgehead atoms. The number of amides is 2. The molecule has 0 aromatic heterocycles. The van der Waals surface area contributed by atoms with Crippen LogP contribution >= 0.6 is 11.6 Å². The maximum Gasteiger partial charge on any atom is 0.296 e. The number of likely N-dealkylation sites (tertiary alicyclic amines) is 1. The zero-order valence-electron chi connectivity index (χ0n) is 16.4. The molecule has 1 fully saturated rings. The lowest BCUT2D eigenvalue weighted by Crippen LogP contribution is -2.52. The number of hydrogen-bond acceptors (Lipinski definition) is 5. The van der Waals surface area contributed by atoms with Gasteiger partial charge >= 0.3 is 0 Å². The number of benzene rings is 2. The lowest BCUT2D eigenvalue weighted by molar-refractivity contribution is -0.144. The lowest BCUT2D eigenvalue weighted by atomic mass is 9.82. The summed E-state index contributed by atoms with van der Waals surface area (Å²) in [7, 11) is 3.04. The van der Waals surface area contributed by atoms with E-state index in [-0.39, 0.29) is 24.3 Å². The molecule has 2 heterocycles. The second-order valence-corrected chi connectivity index (χ2v) is 7.54. The number of aliphatic hydroxyl groups is 1. The molecule has 2 aliphatic rings. The molecule has 0 unspecified atom stereocenters. The zero-order chi connectivity index (χ0) is 21.6. The molecule has 8 heteroatoms. The number of likely N-dealkylation sites (N-methyl/N-ethyl adjacent to an activating group) is 1. The van der Waals surface area contributed by atoms with Gasteiger partial charge in [-0.15, -0.1) is 0 Å². The van der Waals surface area contributed by atoms with Crippen LogP contribution in [0, 0.1) is 0 Å². The summed E-state index contributed by atoms with van der Waals surface area (Å²) < 4.78 is 5.11. The van der Waals surface area contributed by atoms with Gasteiger partial charge in [-0.25, -0.2) is 0 Å². The molecule has 2 aromatic carbocycles. The van der Waals surface area contributed by atoms with Crippen LogP contribution in [0.5, 0.6) is 0 Å². The number of para-hydroxylation sites is 1. The molecule has 0 saturated carbocycles. The Labute approximate surface area is 178 Å². The minimum Gasteiger partial charge on any atom is -0.507 e. The normalized spacial score (nSPS) is 22.3. The number of hydrogen-bond donors (Lipinski definition) is 1. The van der Waals surface area contributed by atoms with E-state index in [1.165, 1.54) is 29.0 Å². The van der Waals surface area contributed by atoms with Crippen LogP contribution in [0.25, 0.3) is 5.76 Å². The maximum atomic E-state index is 13.6. The maximum absolute atomic E-state index is 13.6. The Morgan fingerprint density at radius 3 is 2.43 bits per heavy atom. The van der Waals surface area contributed by atoms with E-state index in [2.05, 4.69) is 0 Å². The summed E-state index contributed by atoms with van der Waals surface area (Å²) in [4.78, 5) is 42.4. The summed E-state index contributed by atoms with van der Waals surface area (Å²) in [6.07, 6.45) is 0. The molecule has 0 radical (unpaired) electrons. The minimum atomic E-state index is -1.76. The Morgan fingerprint density at radius 2 is 1.77 bits per heavy atom. The molecular weight excluding hydrogens is 408 g/mol. The molecule has 7 nitrogen and oxygen atoms in total. The van der Waals surface area contributed by atoms with Crippen molar-refractivity contribution in [1.82, 2.24) is 4.90 Å².